The minimum atomic E-state index is -1.00. The molecule has 0 unspecified atom stereocenters. The summed E-state index contributed by atoms with van der Waals surface area (Å²) in [6.45, 7) is 6.31. The molecule has 7 heteroatoms. The second-order valence-electron chi connectivity index (χ2n) is 10.7. The van der Waals surface area contributed by atoms with Crippen molar-refractivity contribution in [3.63, 3.8) is 0 Å². The van der Waals surface area contributed by atoms with Gasteiger partial charge in [0.25, 0.3) is 5.91 Å². The van der Waals surface area contributed by atoms with Crippen molar-refractivity contribution in [1.82, 2.24) is 19.4 Å². The molecular weight excluding hydrogens is 500 g/mol. The highest BCUT2D eigenvalue weighted by Crippen LogP contribution is 2.37. The molecule has 1 N–H and O–H groups in total. The van der Waals surface area contributed by atoms with Crippen LogP contribution in [0.4, 0.5) is 0 Å². The number of carbonyl (C=O) groups is 2. The summed E-state index contributed by atoms with van der Waals surface area (Å²) in [5.74, 6) is -0.186. The summed E-state index contributed by atoms with van der Waals surface area (Å²) in [5, 5.41) is 11.9. The first kappa shape index (κ1) is 26.0. The number of amides is 1. The number of carbonyl (C=O) groups excluding carboxylic acids is 1. The number of carboxylic acids is 1. The minimum absolute atomic E-state index is 0.0565. The number of fused-ring (bicyclic) bond motifs is 2. The molecule has 40 heavy (non-hydrogen) atoms. The van der Waals surface area contributed by atoms with Crippen molar-refractivity contribution in [2.45, 2.75) is 32.7 Å². The highest BCUT2D eigenvalue weighted by molar-refractivity contribution is 6.12. The summed E-state index contributed by atoms with van der Waals surface area (Å²) in [4.78, 5) is 36.1. The van der Waals surface area contributed by atoms with E-state index in [0.29, 0.717) is 35.4 Å². The number of hydrogen-bond acceptors (Lipinski definition) is 4. The van der Waals surface area contributed by atoms with Crippen molar-refractivity contribution in [1.29, 1.82) is 0 Å². The molecule has 0 atom stereocenters. The zero-order chi connectivity index (χ0) is 27.6. The zero-order valence-corrected chi connectivity index (χ0v) is 22.8. The normalized spacial score (nSPS) is 16.0. The van der Waals surface area contributed by atoms with E-state index in [4.69, 9.17) is 4.98 Å². The summed E-state index contributed by atoms with van der Waals surface area (Å²) in [6, 6.07) is 19.8. The second-order valence-corrected chi connectivity index (χ2v) is 10.7. The first-order valence-corrected chi connectivity index (χ1v) is 14.1. The van der Waals surface area contributed by atoms with Crippen LogP contribution < -0.4 is 0 Å². The van der Waals surface area contributed by atoms with Crippen LogP contribution in [0.1, 0.15) is 50.6 Å². The number of aromatic nitrogens is 2. The molecule has 1 fully saturated rings. The van der Waals surface area contributed by atoms with E-state index in [9.17, 15) is 14.7 Å². The van der Waals surface area contributed by atoms with Gasteiger partial charge in [-0.25, -0.2) is 9.78 Å². The predicted octanol–water partition coefficient (Wildman–Crippen LogP) is 5.52. The van der Waals surface area contributed by atoms with Gasteiger partial charge in [0.1, 0.15) is 17.2 Å². The van der Waals surface area contributed by atoms with Crippen LogP contribution in [-0.2, 0) is 13.0 Å². The Kier molecular flexibility index (Phi) is 7.22. The third-order valence-corrected chi connectivity index (χ3v) is 8.11. The van der Waals surface area contributed by atoms with Crippen LogP contribution >= 0.6 is 0 Å². The number of aryl methyl sites for hydroxylation is 2. The molecule has 7 nitrogen and oxygen atoms in total. The molecule has 6 rings (SSSR count). The van der Waals surface area contributed by atoms with Gasteiger partial charge in [-0.15, -0.1) is 0 Å². The van der Waals surface area contributed by atoms with Crippen molar-refractivity contribution >= 4 is 28.7 Å². The molecule has 0 aliphatic carbocycles. The number of hydrogen-bond donors (Lipinski definition) is 1. The summed E-state index contributed by atoms with van der Waals surface area (Å²) >= 11 is 0. The van der Waals surface area contributed by atoms with Crippen LogP contribution in [0, 0.1) is 6.92 Å². The lowest BCUT2D eigenvalue weighted by molar-refractivity contribution is 0.0637. The summed E-state index contributed by atoms with van der Waals surface area (Å²) in [7, 11) is 0. The van der Waals surface area contributed by atoms with Crippen molar-refractivity contribution in [2.24, 2.45) is 0 Å². The molecule has 2 aliphatic rings. The largest absolute Gasteiger partial charge is 0.478 e. The molecule has 0 radical (unpaired) electrons. The van der Waals surface area contributed by atoms with Gasteiger partial charge in [0.2, 0.25) is 0 Å². The maximum atomic E-state index is 14.2. The number of piperazine rings is 1. The Balaban J connectivity index is 1.31. The molecule has 0 spiro atoms. The van der Waals surface area contributed by atoms with Crippen LogP contribution in [0.15, 0.2) is 66.7 Å². The summed E-state index contributed by atoms with van der Waals surface area (Å²) in [6.07, 6.45) is 7.09. The topological polar surface area (TPSA) is 78.7 Å². The van der Waals surface area contributed by atoms with Crippen LogP contribution in [0.25, 0.3) is 28.1 Å². The smallest absolute Gasteiger partial charge is 0.337 e. The van der Waals surface area contributed by atoms with E-state index in [2.05, 4.69) is 33.8 Å². The van der Waals surface area contributed by atoms with E-state index < -0.39 is 5.97 Å². The average Bonchev–Trinajstić information content (AvgIpc) is 3.36. The molecule has 204 valence electrons. The zero-order valence-electron chi connectivity index (χ0n) is 22.8. The number of benzene rings is 3. The van der Waals surface area contributed by atoms with Crippen LogP contribution in [0.3, 0.4) is 0 Å². The minimum Gasteiger partial charge on any atom is -0.478 e. The number of nitrogens with zero attached hydrogens (tertiary/aromatic N) is 4. The summed E-state index contributed by atoms with van der Waals surface area (Å²) in [5.41, 5.74) is 3.81. The molecule has 4 aromatic rings. The molecule has 2 aliphatic heterocycles. The number of rotatable bonds is 6. The molecule has 0 saturated carbocycles. The maximum absolute atomic E-state index is 14.2. The van der Waals surface area contributed by atoms with E-state index in [1.807, 2.05) is 60.4 Å². The highest BCUT2D eigenvalue weighted by atomic mass is 16.4. The Bertz CT molecular complexity index is 1600. The lowest BCUT2D eigenvalue weighted by Crippen LogP contribution is -2.49. The fraction of sp³-hybridized carbons (Fsp3) is 0.303. The van der Waals surface area contributed by atoms with Crippen LogP contribution in [-0.4, -0.2) is 69.1 Å². The Morgan fingerprint density at radius 1 is 0.950 bits per heavy atom. The highest BCUT2D eigenvalue weighted by Gasteiger charge is 2.33. The quantitative estimate of drug-likeness (QED) is 0.353. The molecule has 0 bridgehead atoms. The SMILES string of the molecule is Cc1cc2ccccc2c(C(=O)O)c1-c1nc2n(c1C(=O)N1CCN(CC=Cc3ccccc3)CC1)CCCC2. The Hall–Kier alpha value is -4.23. The first-order valence-electron chi connectivity index (χ1n) is 14.1. The lowest BCUT2D eigenvalue weighted by atomic mass is 9.91. The Labute approximate surface area is 234 Å². The molecule has 3 aromatic carbocycles. The van der Waals surface area contributed by atoms with E-state index in [-0.39, 0.29) is 11.5 Å². The fourth-order valence-electron chi connectivity index (χ4n) is 6.08. The van der Waals surface area contributed by atoms with Gasteiger partial charge in [0.15, 0.2) is 0 Å². The lowest BCUT2D eigenvalue weighted by Gasteiger charge is -2.34. The van der Waals surface area contributed by atoms with E-state index in [0.717, 1.165) is 62.2 Å². The molecular formula is C33H34N4O3. The second kappa shape index (κ2) is 11.1. The average molecular weight is 535 g/mol. The fourth-order valence-corrected chi connectivity index (χ4v) is 6.08. The van der Waals surface area contributed by atoms with Gasteiger partial charge in [-0.05, 0) is 41.7 Å². The van der Waals surface area contributed by atoms with E-state index in [1.54, 1.807) is 0 Å². The van der Waals surface area contributed by atoms with Gasteiger partial charge < -0.3 is 14.6 Å². The van der Waals surface area contributed by atoms with Crippen molar-refractivity contribution in [3.05, 3.63) is 94.9 Å². The number of aromatic carboxylic acids is 1. The standard InChI is InChI=1S/C33H34N4O3/c1-23-22-25-13-5-6-14-26(25)29(33(39)40)28(23)30-31(37-17-8-7-15-27(37)34-30)32(38)36-20-18-35(19-21-36)16-9-12-24-10-3-2-4-11-24/h2-6,9-14,22H,7-8,15-21H2,1H3,(H,39,40). The first-order chi connectivity index (χ1) is 19.5. The number of imidazole rings is 1. The third kappa shape index (κ3) is 4.93. The van der Waals surface area contributed by atoms with Crippen LogP contribution in [0.5, 0.6) is 0 Å². The molecule has 1 amide bonds. The maximum Gasteiger partial charge on any atom is 0.337 e. The van der Waals surface area contributed by atoms with Gasteiger partial charge in [-0.1, -0.05) is 72.8 Å². The van der Waals surface area contributed by atoms with Crippen molar-refractivity contribution in [3.8, 4) is 11.3 Å². The molecule has 3 heterocycles. The molecule has 1 aromatic heterocycles. The summed E-state index contributed by atoms with van der Waals surface area (Å²) < 4.78 is 2.05. The Morgan fingerprint density at radius 3 is 2.48 bits per heavy atom. The Morgan fingerprint density at radius 2 is 1.70 bits per heavy atom. The monoisotopic (exact) mass is 534 g/mol. The van der Waals surface area contributed by atoms with E-state index >= 15 is 0 Å². The van der Waals surface area contributed by atoms with Gasteiger partial charge in [-0.2, -0.15) is 0 Å². The van der Waals surface area contributed by atoms with Gasteiger partial charge in [-0.3, -0.25) is 9.69 Å². The van der Waals surface area contributed by atoms with Gasteiger partial charge >= 0.3 is 5.97 Å². The predicted molar refractivity (Wildman–Crippen MR) is 158 cm³/mol. The van der Waals surface area contributed by atoms with E-state index in [1.165, 1.54) is 5.56 Å². The van der Waals surface area contributed by atoms with Gasteiger partial charge in [0, 0.05) is 51.3 Å². The van der Waals surface area contributed by atoms with Gasteiger partial charge in [0.05, 0.1) is 5.56 Å². The number of carboxylic acid groups (broad SMARTS) is 1. The van der Waals surface area contributed by atoms with Crippen LogP contribution in [0.2, 0.25) is 0 Å². The molecule has 1 saturated heterocycles. The van der Waals surface area contributed by atoms with Crippen molar-refractivity contribution < 1.29 is 14.7 Å². The third-order valence-electron chi connectivity index (χ3n) is 8.11. The van der Waals surface area contributed by atoms with Crippen molar-refractivity contribution in [2.75, 3.05) is 32.7 Å².